The highest BCUT2D eigenvalue weighted by atomic mass is 35.5. The number of likely N-dealkylation sites (N-methyl/N-ethyl adjacent to an activating group) is 1. The maximum absolute atomic E-state index is 5.91. The summed E-state index contributed by atoms with van der Waals surface area (Å²) >= 11 is 5.91. The van der Waals surface area contributed by atoms with Crippen molar-refractivity contribution in [2.45, 2.75) is 6.04 Å². The van der Waals surface area contributed by atoms with E-state index in [-0.39, 0.29) is 6.04 Å². The van der Waals surface area contributed by atoms with Crippen molar-refractivity contribution in [2.75, 3.05) is 20.8 Å². The monoisotopic (exact) mass is 239 g/mol. The minimum atomic E-state index is 0.0659. The molecule has 16 heavy (non-hydrogen) atoms. The molecular weight excluding hydrogens is 226 g/mol. The lowest BCUT2D eigenvalue weighted by molar-refractivity contribution is 0.167. The zero-order chi connectivity index (χ0) is 11.5. The Morgan fingerprint density at radius 2 is 2.38 bits per heavy atom. The van der Waals surface area contributed by atoms with Crippen molar-refractivity contribution in [3.63, 3.8) is 0 Å². The fraction of sp³-hybridized carbons (Fsp3) is 0.364. The molecule has 0 saturated heterocycles. The SMILES string of the molecule is CNC(COC)c1nc2ccc(Cl)cc2[nH]1. The minimum Gasteiger partial charge on any atom is -0.383 e. The van der Waals surface area contributed by atoms with Gasteiger partial charge in [0.15, 0.2) is 0 Å². The van der Waals surface area contributed by atoms with Gasteiger partial charge in [0, 0.05) is 12.1 Å². The number of aromatic nitrogens is 2. The van der Waals surface area contributed by atoms with E-state index in [2.05, 4.69) is 15.3 Å². The summed E-state index contributed by atoms with van der Waals surface area (Å²) < 4.78 is 5.12. The van der Waals surface area contributed by atoms with Crippen LogP contribution >= 0.6 is 11.6 Å². The van der Waals surface area contributed by atoms with Crippen molar-refractivity contribution < 1.29 is 4.74 Å². The summed E-state index contributed by atoms with van der Waals surface area (Å²) in [5.74, 6) is 0.863. The van der Waals surface area contributed by atoms with E-state index in [0.717, 1.165) is 16.9 Å². The summed E-state index contributed by atoms with van der Waals surface area (Å²) in [7, 11) is 3.55. The average Bonchev–Trinajstić information content (AvgIpc) is 2.68. The number of hydrogen-bond acceptors (Lipinski definition) is 3. The van der Waals surface area contributed by atoms with Gasteiger partial charge in [0.2, 0.25) is 0 Å². The molecule has 0 aliphatic carbocycles. The van der Waals surface area contributed by atoms with Crippen molar-refractivity contribution in [1.82, 2.24) is 15.3 Å². The predicted molar refractivity (Wildman–Crippen MR) is 64.8 cm³/mol. The standard InChI is InChI=1S/C11H14ClN3O/c1-13-10(6-16-2)11-14-8-4-3-7(12)5-9(8)15-11/h3-5,10,13H,6H2,1-2H3,(H,14,15). The Hall–Kier alpha value is -1.10. The van der Waals surface area contributed by atoms with Crippen LogP contribution in [0.5, 0.6) is 0 Å². The molecular formula is C11H14ClN3O. The smallest absolute Gasteiger partial charge is 0.126 e. The molecule has 1 aromatic heterocycles. The largest absolute Gasteiger partial charge is 0.383 e. The van der Waals surface area contributed by atoms with Crippen LogP contribution in [0.25, 0.3) is 11.0 Å². The van der Waals surface area contributed by atoms with Crippen LogP contribution in [0.15, 0.2) is 18.2 Å². The van der Waals surface area contributed by atoms with Gasteiger partial charge in [0.1, 0.15) is 5.82 Å². The van der Waals surface area contributed by atoms with Gasteiger partial charge in [-0.25, -0.2) is 4.98 Å². The first kappa shape index (κ1) is 11.4. The second-order valence-corrected chi connectivity index (χ2v) is 4.02. The number of methoxy groups -OCH3 is 1. The molecule has 0 saturated carbocycles. The number of nitrogens with one attached hydrogen (secondary N) is 2. The summed E-state index contributed by atoms with van der Waals surface area (Å²) in [4.78, 5) is 7.72. The first-order valence-electron chi connectivity index (χ1n) is 5.06. The molecule has 1 heterocycles. The maximum atomic E-state index is 5.91. The Morgan fingerprint density at radius 1 is 1.56 bits per heavy atom. The summed E-state index contributed by atoms with van der Waals surface area (Å²) in [6.07, 6.45) is 0. The van der Waals surface area contributed by atoms with Crippen LogP contribution in [0.2, 0.25) is 5.02 Å². The number of aromatic amines is 1. The molecule has 2 aromatic rings. The van der Waals surface area contributed by atoms with Crippen LogP contribution in [0.4, 0.5) is 0 Å². The van der Waals surface area contributed by atoms with Gasteiger partial charge in [-0.3, -0.25) is 0 Å². The maximum Gasteiger partial charge on any atom is 0.126 e. The lowest BCUT2D eigenvalue weighted by atomic mass is 10.3. The summed E-state index contributed by atoms with van der Waals surface area (Å²) in [6, 6.07) is 5.67. The number of rotatable bonds is 4. The van der Waals surface area contributed by atoms with Gasteiger partial charge in [-0.1, -0.05) is 11.6 Å². The first-order valence-corrected chi connectivity index (χ1v) is 5.43. The molecule has 0 spiro atoms. The van der Waals surface area contributed by atoms with E-state index in [1.165, 1.54) is 0 Å². The Kier molecular flexibility index (Phi) is 3.43. The molecule has 0 bridgehead atoms. The van der Waals surface area contributed by atoms with E-state index in [1.807, 2.05) is 25.2 Å². The van der Waals surface area contributed by atoms with Crippen molar-refractivity contribution in [3.05, 3.63) is 29.0 Å². The van der Waals surface area contributed by atoms with Crippen LogP contribution in [0.1, 0.15) is 11.9 Å². The van der Waals surface area contributed by atoms with Gasteiger partial charge in [-0.05, 0) is 25.2 Å². The molecule has 0 aliphatic rings. The number of imidazole rings is 1. The lowest BCUT2D eigenvalue weighted by Crippen LogP contribution is -2.22. The number of benzene rings is 1. The van der Waals surface area contributed by atoms with Gasteiger partial charge < -0.3 is 15.0 Å². The molecule has 86 valence electrons. The van der Waals surface area contributed by atoms with Crippen molar-refractivity contribution in [3.8, 4) is 0 Å². The van der Waals surface area contributed by atoms with Crippen molar-refractivity contribution >= 4 is 22.6 Å². The summed E-state index contributed by atoms with van der Waals surface area (Å²) in [6.45, 7) is 0.573. The van der Waals surface area contributed by atoms with Crippen LogP contribution < -0.4 is 5.32 Å². The van der Waals surface area contributed by atoms with Crippen molar-refractivity contribution in [1.29, 1.82) is 0 Å². The molecule has 0 amide bonds. The van der Waals surface area contributed by atoms with E-state index in [0.29, 0.717) is 11.6 Å². The van der Waals surface area contributed by atoms with Gasteiger partial charge >= 0.3 is 0 Å². The fourth-order valence-corrected chi connectivity index (χ4v) is 1.80. The van der Waals surface area contributed by atoms with Crippen molar-refractivity contribution in [2.24, 2.45) is 0 Å². The second-order valence-electron chi connectivity index (χ2n) is 3.58. The van der Waals surface area contributed by atoms with E-state index in [1.54, 1.807) is 7.11 Å². The third-order valence-corrected chi connectivity index (χ3v) is 2.71. The zero-order valence-electron chi connectivity index (χ0n) is 9.25. The lowest BCUT2D eigenvalue weighted by Gasteiger charge is -2.11. The third kappa shape index (κ3) is 2.19. The van der Waals surface area contributed by atoms with Crippen LogP contribution in [-0.2, 0) is 4.74 Å². The molecule has 1 atom stereocenters. The van der Waals surface area contributed by atoms with Gasteiger partial charge in [0.25, 0.3) is 0 Å². The molecule has 4 nitrogen and oxygen atoms in total. The van der Waals surface area contributed by atoms with Crippen LogP contribution in [0.3, 0.4) is 0 Å². The average molecular weight is 240 g/mol. The minimum absolute atomic E-state index is 0.0659. The highest BCUT2D eigenvalue weighted by Crippen LogP contribution is 2.19. The number of fused-ring (bicyclic) bond motifs is 1. The molecule has 0 fully saturated rings. The van der Waals surface area contributed by atoms with Crippen LogP contribution in [-0.4, -0.2) is 30.7 Å². The highest BCUT2D eigenvalue weighted by Gasteiger charge is 2.13. The molecule has 0 aliphatic heterocycles. The van der Waals surface area contributed by atoms with E-state index in [9.17, 15) is 0 Å². The Balaban J connectivity index is 2.37. The first-order chi connectivity index (χ1) is 7.74. The summed E-state index contributed by atoms with van der Waals surface area (Å²) in [5, 5.41) is 3.85. The van der Waals surface area contributed by atoms with Crippen LogP contribution in [0, 0.1) is 0 Å². The fourth-order valence-electron chi connectivity index (χ4n) is 1.63. The molecule has 0 radical (unpaired) electrons. The van der Waals surface area contributed by atoms with Gasteiger partial charge in [-0.2, -0.15) is 0 Å². The van der Waals surface area contributed by atoms with Gasteiger partial charge in [-0.15, -0.1) is 0 Å². The normalized spacial score (nSPS) is 13.2. The second kappa shape index (κ2) is 4.82. The molecule has 1 aromatic carbocycles. The molecule has 1 unspecified atom stereocenters. The van der Waals surface area contributed by atoms with E-state index < -0.39 is 0 Å². The number of H-pyrrole nitrogens is 1. The Morgan fingerprint density at radius 3 is 3.06 bits per heavy atom. The Labute approximate surface area is 99.0 Å². The zero-order valence-corrected chi connectivity index (χ0v) is 10.0. The Bertz CT molecular complexity index is 483. The number of nitrogens with zero attached hydrogens (tertiary/aromatic N) is 1. The van der Waals surface area contributed by atoms with E-state index in [4.69, 9.17) is 16.3 Å². The van der Waals surface area contributed by atoms with Gasteiger partial charge in [0.05, 0.1) is 23.7 Å². The number of hydrogen-bond donors (Lipinski definition) is 2. The predicted octanol–water partition coefficient (Wildman–Crippen LogP) is 2.12. The number of ether oxygens (including phenoxy) is 1. The molecule has 2 N–H and O–H groups in total. The third-order valence-electron chi connectivity index (χ3n) is 2.47. The highest BCUT2D eigenvalue weighted by molar-refractivity contribution is 6.31. The topological polar surface area (TPSA) is 49.9 Å². The molecule has 2 rings (SSSR count). The summed E-state index contributed by atoms with van der Waals surface area (Å²) in [5.41, 5.74) is 1.86. The van der Waals surface area contributed by atoms with E-state index >= 15 is 0 Å². The molecule has 5 heteroatoms. The quantitative estimate of drug-likeness (QED) is 0.859. The number of halogens is 1.